The predicted octanol–water partition coefficient (Wildman–Crippen LogP) is 6.18. The molecule has 2 aromatic heterocycles. The van der Waals surface area contributed by atoms with E-state index in [4.69, 9.17) is 4.74 Å². The second-order valence-electron chi connectivity index (χ2n) is 11.6. The van der Waals surface area contributed by atoms with Crippen molar-refractivity contribution < 1.29 is 27.9 Å². The number of sulfonamides is 1. The van der Waals surface area contributed by atoms with Crippen LogP contribution >= 0.6 is 0 Å². The number of aliphatic carboxylic acids is 1. The summed E-state index contributed by atoms with van der Waals surface area (Å²) in [4.78, 5) is 34.1. The van der Waals surface area contributed by atoms with Crippen molar-refractivity contribution in [2.75, 3.05) is 11.4 Å². The summed E-state index contributed by atoms with van der Waals surface area (Å²) in [6, 6.07) is 24.6. The molecule has 11 heteroatoms. The molecule has 0 radical (unpaired) electrons. The van der Waals surface area contributed by atoms with E-state index in [-0.39, 0.29) is 23.0 Å². The largest absolute Gasteiger partial charge is 0.480 e. The van der Waals surface area contributed by atoms with Gasteiger partial charge in [0.05, 0.1) is 11.7 Å². The van der Waals surface area contributed by atoms with E-state index in [0.717, 1.165) is 34.4 Å². The maximum atomic E-state index is 13.4. The number of carboxylic acids is 1. The molecule has 2 heterocycles. The average Bonchev–Trinajstić information content (AvgIpc) is 3.00. The SMILES string of the molecule is CCCc1cccc(-c2ccc(CC(NS(=O)(=O)c3ccccn3)c3cccc(N(CC(=O)O)C(=O)OC(C)(C)C)n3)cc2)c1. The highest BCUT2D eigenvalue weighted by molar-refractivity contribution is 7.89. The van der Waals surface area contributed by atoms with Crippen LogP contribution < -0.4 is 9.62 Å². The molecule has 0 aliphatic carbocycles. The number of rotatable bonds is 12. The average molecular weight is 631 g/mol. The van der Waals surface area contributed by atoms with Gasteiger partial charge in [0.1, 0.15) is 18.0 Å². The zero-order valence-electron chi connectivity index (χ0n) is 25.8. The van der Waals surface area contributed by atoms with Crippen LogP contribution in [0.4, 0.5) is 10.6 Å². The second kappa shape index (κ2) is 14.4. The highest BCUT2D eigenvalue weighted by atomic mass is 32.2. The Kier molecular flexibility index (Phi) is 10.7. The van der Waals surface area contributed by atoms with E-state index in [1.54, 1.807) is 45.0 Å². The van der Waals surface area contributed by atoms with Crippen LogP contribution in [0.2, 0.25) is 0 Å². The molecule has 10 nitrogen and oxygen atoms in total. The third-order valence-electron chi connectivity index (χ3n) is 6.70. The van der Waals surface area contributed by atoms with Crippen LogP contribution in [0.25, 0.3) is 11.1 Å². The van der Waals surface area contributed by atoms with Crippen molar-refractivity contribution in [3.63, 3.8) is 0 Å². The number of hydrogen-bond donors (Lipinski definition) is 2. The number of carbonyl (C=O) groups excluding carboxylic acids is 1. The normalized spacial score (nSPS) is 12.4. The Balaban J connectivity index is 1.69. The molecular formula is C34H38N4O6S. The van der Waals surface area contributed by atoms with Gasteiger partial charge < -0.3 is 9.84 Å². The molecule has 1 atom stereocenters. The molecule has 0 saturated carbocycles. The summed E-state index contributed by atoms with van der Waals surface area (Å²) >= 11 is 0. The van der Waals surface area contributed by atoms with Gasteiger partial charge >= 0.3 is 12.1 Å². The number of carboxylic acid groups (broad SMARTS) is 1. The van der Waals surface area contributed by atoms with Crippen molar-refractivity contribution in [2.45, 2.75) is 63.6 Å². The van der Waals surface area contributed by atoms with Gasteiger partial charge in [-0.2, -0.15) is 0 Å². The summed E-state index contributed by atoms with van der Waals surface area (Å²) in [7, 11) is -4.08. The molecule has 4 rings (SSSR count). The van der Waals surface area contributed by atoms with Crippen LogP contribution in [0.3, 0.4) is 0 Å². The summed E-state index contributed by atoms with van der Waals surface area (Å²) in [5.41, 5.74) is 3.62. The van der Waals surface area contributed by atoms with Crippen LogP contribution in [0.1, 0.15) is 57.0 Å². The van der Waals surface area contributed by atoms with E-state index in [1.165, 1.54) is 23.9 Å². The Bertz CT molecular complexity index is 1720. The molecular weight excluding hydrogens is 592 g/mol. The van der Waals surface area contributed by atoms with Crippen molar-refractivity contribution in [2.24, 2.45) is 0 Å². The fourth-order valence-electron chi connectivity index (χ4n) is 4.70. The van der Waals surface area contributed by atoms with Gasteiger partial charge in [0.15, 0.2) is 5.03 Å². The molecule has 1 amide bonds. The third kappa shape index (κ3) is 9.44. The predicted molar refractivity (Wildman–Crippen MR) is 172 cm³/mol. The summed E-state index contributed by atoms with van der Waals surface area (Å²) in [5.74, 6) is -1.26. The first kappa shape index (κ1) is 33.3. The lowest BCUT2D eigenvalue weighted by molar-refractivity contribution is -0.135. The van der Waals surface area contributed by atoms with Gasteiger partial charge in [-0.3, -0.25) is 9.69 Å². The number of anilines is 1. The minimum absolute atomic E-state index is 0.00786. The highest BCUT2D eigenvalue weighted by Gasteiger charge is 2.28. The minimum Gasteiger partial charge on any atom is -0.480 e. The maximum absolute atomic E-state index is 13.4. The minimum atomic E-state index is -4.08. The zero-order chi connectivity index (χ0) is 32.6. The monoisotopic (exact) mass is 630 g/mol. The molecule has 45 heavy (non-hydrogen) atoms. The van der Waals surface area contributed by atoms with E-state index in [9.17, 15) is 23.1 Å². The number of carbonyl (C=O) groups is 2. The molecule has 0 aliphatic rings. The van der Waals surface area contributed by atoms with E-state index in [2.05, 4.69) is 39.8 Å². The summed E-state index contributed by atoms with van der Waals surface area (Å²) in [6.07, 6.45) is 2.76. The van der Waals surface area contributed by atoms with E-state index < -0.39 is 40.3 Å². The van der Waals surface area contributed by atoms with Gasteiger partial charge in [-0.15, -0.1) is 0 Å². The Morgan fingerprint density at radius 3 is 2.31 bits per heavy atom. The molecule has 2 aromatic carbocycles. The smallest absolute Gasteiger partial charge is 0.416 e. The highest BCUT2D eigenvalue weighted by Crippen LogP contribution is 2.26. The number of amides is 1. The Hall–Kier alpha value is -4.61. The van der Waals surface area contributed by atoms with Crippen molar-refractivity contribution in [1.29, 1.82) is 0 Å². The molecule has 1 unspecified atom stereocenters. The van der Waals surface area contributed by atoms with Crippen molar-refractivity contribution in [1.82, 2.24) is 14.7 Å². The first-order chi connectivity index (χ1) is 21.3. The van der Waals surface area contributed by atoms with Crippen molar-refractivity contribution >= 4 is 27.9 Å². The first-order valence-electron chi connectivity index (χ1n) is 14.7. The molecule has 0 bridgehead atoms. The number of aryl methyl sites for hydroxylation is 1. The van der Waals surface area contributed by atoms with Crippen molar-refractivity contribution in [3.05, 3.63) is 108 Å². The van der Waals surface area contributed by atoms with Gasteiger partial charge in [-0.05, 0) is 80.1 Å². The lowest BCUT2D eigenvalue weighted by Gasteiger charge is -2.26. The lowest BCUT2D eigenvalue weighted by atomic mass is 9.98. The van der Waals surface area contributed by atoms with Crippen LogP contribution in [0.5, 0.6) is 0 Å². The van der Waals surface area contributed by atoms with Crippen LogP contribution in [0, 0.1) is 0 Å². The molecule has 0 spiro atoms. The van der Waals surface area contributed by atoms with Gasteiger partial charge in [-0.25, -0.2) is 27.9 Å². The van der Waals surface area contributed by atoms with Gasteiger partial charge in [0.25, 0.3) is 10.0 Å². The maximum Gasteiger partial charge on any atom is 0.416 e. The molecule has 236 valence electrons. The second-order valence-corrected chi connectivity index (χ2v) is 13.2. The van der Waals surface area contributed by atoms with Gasteiger partial charge in [-0.1, -0.05) is 74.0 Å². The van der Waals surface area contributed by atoms with Gasteiger partial charge in [0.2, 0.25) is 0 Å². The number of nitrogens with zero attached hydrogens (tertiary/aromatic N) is 3. The Morgan fingerprint density at radius 2 is 1.67 bits per heavy atom. The van der Waals surface area contributed by atoms with Crippen LogP contribution in [-0.4, -0.2) is 47.7 Å². The topological polar surface area (TPSA) is 139 Å². The quantitative estimate of drug-likeness (QED) is 0.189. The van der Waals surface area contributed by atoms with E-state index in [0.29, 0.717) is 0 Å². The van der Waals surface area contributed by atoms with Crippen molar-refractivity contribution in [3.8, 4) is 11.1 Å². The van der Waals surface area contributed by atoms with Gasteiger partial charge in [0, 0.05) is 6.20 Å². The number of benzene rings is 2. The molecule has 0 fully saturated rings. The number of ether oxygens (including phenoxy) is 1. The molecule has 0 saturated heterocycles. The number of hydrogen-bond acceptors (Lipinski definition) is 7. The lowest BCUT2D eigenvalue weighted by Crippen LogP contribution is -2.40. The Labute approximate surface area is 264 Å². The van der Waals surface area contributed by atoms with E-state index in [1.807, 2.05) is 30.3 Å². The standard InChI is InChI=1S/C34H38N4O6S/c1-5-10-24-11-8-12-27(21-24)26-18-16-25(17-19-26)22-29(37-45(42,43)31-15-6-7-20-35-31)28-13-9-14-30(36-28)38(23-32(39)40)33(41)44-34(2,3)4/h6-9,11-21,29,37H,5,10,22-23H2,1-4H3,(H,39,40). The van der Waals surface area contributed by atoms with Crippen LogP contribution in [0.15, 0.2) is 96.2 Å². The fraction of sp³-hybridized carbons (Fsp3) is 0.294. The summed E-state index contributed by atoms with van der Waals surface area (Å²) < 4.78 is 34.9. The zero-order valence-corrected chi connectivity index (χ0v) is 26.6. The number of nitrogens with one attached hydrogen (secondary N) is 1. The molecule has 2 N–H and O–H groups in total. The molecule has 0 aliphatic heterocycles. The first-order valence-corrected chi connectivity index (χ1v) is 16.1. The van der Waals surface area contributed by atoms with Crippen LogP contribution in [-0.2, 0) is 32.4 Å². The number of pyridine rings is 2. The summed E-state index contributed by atoms with van der Waals surface area (Å²) in [6.45, 7) is 6.46. The number of aromatic nitrogens is 2. The molecule has 4 aromatic rings. The third-order valence-corrected chi connectivity index (χ3v) is 8.09. The Morgan fingerprint density at radius 1 is 0.933 bits per heavy atom. The van der Waals surface area contributed by atoms with E-state index >= 15 is 0 Å². The fourth-order valence-corrected chi connectivity index (χ4v) is 5.86. The summed E-state index contributed by atoms with van der Waals surface area (Å²) in [5, 5.41) is 9.36.